The number of hydrogen-bond acceptors (Lipinski definition) is 5. The van der Waals surface area contributed by atoms with E-state index in [0.717, 1.165) is 11.1 Å². The van der Waals surface area contributed by atoms with Gasteiger partial charge in [0.05, 0.1) is 14.2 Å². The number of carbonyl (C=O) groups excluding carboxylic acids is 1. The predicted molar refractivity (Wildman–Crippen MR) is 95.9 cm³/mol. The third kappa shape index (κ3) is 5.51. The van der Waals surface area contributed by atoms with Crippen LogP contribution >= 0.6 is 0 Å². The van der Waals surface area contributed by atoms with Crippen LogP contribution in [0.3, 0.4) is 0 Å². The highest BCUT2D eigenvalue weighted by Crippen LogP contribution is 2.39. The zero-order valence-corrected chi connectivity index (χ0v) is 14.9. The molecule has 26 heavy (non-hydrogen) atoms. The summed E-state index contributed by atoms with van der Waals surface area (Å²) in [5, 5.41) is 8.66. The SMILES string of the molecule is COc1cc(CCC(=O)CC(=O)O)cc(OC)c1OCc1ccccc1. The molecule has 0 aliphatic carbocycles. The fourth-order valence-corrected chi connectivity index (χ4v) is 2.49. The van der Waals surface area contributed by atoms with Gasteiger partial charge in [0.15, 0.2) is 11.5 Å². The van der Waals surface area contributed by atoms with Gasteiger partial charge in [-0.05, 0) is 29.7 Å². The normalized spacial score (nSPS) is 10.2. The number of Topliss-reactive ketones (excluding diaryl/α,β-unsaturated/α-hetero) is 1. The second-order valence-electron chi connectivity index (χ2n) is 5.71. The number of ether oxygens (including phenoxy) is 3. The summed E-state index contributed by atoms with van der Waals surface area (Å²) in [4.78, 5) is 22.2. The number of rotatable bonds is 10. The highest BCUT2D eigenvalue weighted by atomic mass is 16.5. The molecule has 0 aromatic heterocycles. The number of aryl methyl sites for hydroxylation is 1. The first-order valence-electron chi connectivity index (χ1n) is 8.18. The number of aliphatic carboxylic acids is 1. The van der Waals surface area contributed by atoms with Crippen LogP contribution < -0.4 is 14.2 Å². The van der Waals surface area contributed by atoms with Crippen LogP contribution in [0.1, 0.15) is 24.0 Å². The maximum atomic E-state index is 11.6. The monoisotopic (exact) mass is 358 g/mol. The van der Waals surface area contributed by atoms with E-state index in [4.69, 9.17) is 19.3 Å². The van der Waals surface area contributed by atoms with Gasteiger partial charge >= 0.3 is 5.97 Å². The molecule has 0 saturated carbocycles. The van der Waals surface area contributed by atoms with Crippen molar-refractivity contribution < 1.29 is 28.9 Å². The zero-order chi connectivity index (χ0) is 18.9. The van der Waals surface area contributed by atoms with Crippen molar-refractivity contribution in [1.29, 1.82) is 0 Å². The van der Waals surface area contributed by atoms with Gasteiger partial charge in [-0.15, -0.1) is 0 Å². The Balaban J connectivity index is 2.13. The van der Waals surface area contributed by atoms with Crippen LogP contribution in [-0.2, 0) is 22.6 Å². The van der Waals surface area contributed by atoms with Crippen LogP contribution in [0.25, 0.3) is 0 Å². The first kappa shape index (κ1) is 19.3. The Kier molecular flexibility index (Phi) is 7.02. The Labute approximate surface area is 152 Å². The van der Waals surface area contributed by atoms with Crippen molar-refractivity contribution in [1.82, 2.24) is 0 Å². The fourth-order valence-electron chi connectivity index (χ4n) is 2.49. The maximum Gasteiger partial charge on any atom is 0.310 e. The second-order valence-corrected chi connectivity index (χ2v) is 5.71. The van der Waals surface area contributed by atoms with Gasteiger partial charge in [0.1, 0.15) is 18.8 Å². The highest BCUT2D eigenvalue weighted by molar-refractivity contribution is 5.94. The fraction of sp³-hybridized carbons (Fsp3) is 0.300. The van der Waals surface area contributed by atoms with Gasteiger partial charge in [0.25, 0.3) is 0 Å². The largest absolute Gasteiger partial charge is 0.493 e. The molecule has 0 radical (unpaired) electrons. The summed E-state index contributed by atoms with van der Waals surface area (Å²) in [5.41, 5.74) is 1.82. The summed E-state index contributed by atoms with van der Waals surface area (Å²) in [5.74, 6) is 0.0519. The van der Waals surface area contributed by atoms with E-state index >= 15 is 0 Å². The summed E-state index contributed by atoms with van der Waals surface area (Å²) in [6, 6.07) is 13.3. The van der Waals surface area contributed by atoms with E-state index in [-0.39, 0.29) is 12.2 Å². The van der Waals surface area contributed by atoms with Crippen LogP contribution in [0.4, 0.5) is 0 Å². The number of carboxylic acid groups (broad SMARTS) is 1. The molecule has 138 valence electrons. The summed E-state index contributed by atoms with van der Waals surface area (Å²) in [6.07, 6.45) is 0.0766. The third-order valence-electron chi connectivity index (χ3n) is 3.79. The molecule has 0 saturated heterocycles. The van der Waals surface area contributed by atoms with Gasteiger partial charge in [-0.1, -0.05) is 30.3 Å². The summed E-state index contributed by atoms with van der Waals surface area (Å²) < 4.78 is 16.7. The minimum atomic E-state index is -1.12. The van der Waals surface area contributed by atoms with E-state index in [2.05, 4.69) is 0 Å². The van der Waals surface area contributed by atoms with Gasteiger partial charge < -0.3 is 19.3 Å². The number of carbonyl (C=O) groups is 2. The van der Waals surface area contributed by atoms with Gasteiger partial charge in [-0.3, -0.25) is 9.59 Å². The molecule has 0 fully saturated rings. The molecule has 6 nitrogen and oxygen atoms in total. The number of hydrogen-bond donors (Lipinski definition) is 1. The molecule has 0 aliphatic heterocycles. The lowest BCUT2D eigenvalue weighted by Gasteiger charge is -2.16. The van der Waals surface area contributed by atoms with Crippen molar-refractivity contribution in [2.45, 2.75) is 25.9 Å². The van der Waals surface area contributed by atoms with E-state index in [0.29, 0.717) is 30.3 Å². The molecule has 0 bridgehead atoms. The number of methoxy groups -OCH3 is 2. The van der Waals surface area contributed by atoms with Gasteiger partial charge in [-0.25, -0.2) is 0 Å². The molecule has 6 heteroatoms. The molecule has 0 spiro atoms. The number of carboxylic acids is 1. The Bertz CT molecular complexity index is 729. The molecule has 0 amide bonds. The maximum absolute atomic E-state index is 11.6. The lowest BCUT2D eigenvalue weighted by Crippen LogP contribution is -2.07. The first-order chi connectivity index (χ1) is 12.5. The molecule has 2 aromatic rings. The summed E-state index contributed by atoms with van der Waals surface area (Å²) in [6.45, 7) is 0.365. The summed E-state index contributed by atoms with van der Waals surface area (Å²) in [7, 11) is 3.06. The van der Waals surface area contributed by atoms with Crippen molar-refractivity contribution in [3.05, 3.63) is 53.6 Å². The molecule has 0 atom stereocenters. The zero-order valence-electron chi connectivity index (χ0n) is 14.9. The molecule has 0 aliphatic rings. The van der Waals surface area contributed by atoms with Crippen molar-refractivity contribution in [3.63, 3.8) is 0 Å². The Morgan fingerprint density at radius 1 is 0.962 bits per heavy atom. The van der Waals surface area contributed by atoms with E-state index in [1.54, 1.807) is 12.1 Å². The summed E-state index contributed by atoms with van der Waals surface area (Å²) >= 11 is 0. The van der Waals surface area contributed by atoms with Gasteiger partial charge in [0.2, 0.25) is 5.75 Å². The lowest BCUT2D eigenvalue weighted by molar-refractivity contribution is -0.140. The lowest BCUT2D eigenvalue weighted by atomic mass is 10.0. The number of benzene rings is 2. The van der Waals surface area contributed by atoms with Crippen LogP contribution in [0, 0.1) is 0 Å². The average Bonchev–Trinajstić information content (AvgIpc) is 2.64. The van der Waals surface area contributed by atoms with Crippen LogP contribution in [0.15, 0.2) is 42.5 Å². The van der Waals surface area contributed by atoms with Gasteiger partial charge in [0, 0.05) is 6.42 Å². The quantitative estimate of drug-likeness (QED) is 0.657. The predicted octanol–water partition coefficient (Wildman–Crippen LogP) is 3.26. The molecular weight excluding hydrogens is 336 g/mol. The van der Waals surface area contributed by atoms with Crippen LogP contribution in [-0.4, -0.2) is 31.1 Å². The standard InChI is InChI=1S/C20H22O6/c1-24-17-10-15(8-9-16(21)12-19(22)23)11-18(25-2)20(17)26-13-14-6-4-3-5-7-14/h3-7,10-11H,8-9,12-13H2,1-2H3,(H,22,23). The molecular formula is C20H22O6. The van der Waals surface area contributed by atoms with Gasteiger partial charge in [-0.2, -0.15) is 0 Å². The Morgan fingerprint density at radius 2 is 1.58 bits per heavy atom. The van der Waals surface area contributed by atoms with Crippen molar-refractivity contribution >= 4 is 11.8 Å². The van der Waals surface area contributed by atoms with Crippen LogP contribution in [0.2, 0.25) is 0 Å². The third-order valence-corrected chi connectivity index (χ3v) is 3.79. The van der Waals surface area contributed by atoms with E-state index in [1.165, 1.54) is 14.2 Å². The smallest absolute Gasteiger partial charge is 0.310 e. The van der Waals surface area contributed by atoms with Crippen LogP contribution in [0.5, 0.6) is 17.2 Å². The molecule has 0 unspecified atom stereocenters. The topological polar surface area (TPSA) is 82.1 Å². The average molecular weight is 358 g/mol. The van der Waals surface area contributed by atoms with Crippen molar-refractivity contribution in [3.8, 4) is 17.2 Å². The van der Waals surface area contributed by atoms with Crippen molar-refractivity contribution in [2.75, 3.05) is 14.2 Å². The van der Waals surface area contributed by atoms with Crippen molar-refractivity contribution in [2.24, 2.45) is 0 Å². The molecule has 2 aromatic carbocycles. The van der Waals surface area contributed by atoms with E-state index in [1.807, 2.05) is 30.3 Å². The Hall–Kier alpha value is -3.02. The number of ketones is 1. The van der Waals surface area contributed by atoms with E-state index < -0.39 is 12.4 Å². The second kappa shape index (κ2) is 9.46. The molecule has 0 heterocycles. The minimum absolute atomic E-state index is 0.142. The molecule has 1 N–H and O–H groups in total. The highest BCUT2D eigenvalue weighted by Gasteiger charge is 2.16. The first-order valence-corrected chi connectivity index (χ1v) is 8.18. The minimum Gasteiger partial charge on any atom is -0.493 e. The Morgan fingerprint density at radius 3 is 2.12 bits per heavy atom. The van der Waals surface area contributed by atoms with E-state index in [9.17, 15) is 9.59 Å². The molecule has 2 rings (SSSR count).